The molecule has 1 aliphatic carbocycles. The molecule has 0 N–H and O–H groups in total. The number of fused-ring (bicyclic) bond motifs is 1. The van der Waals surface area contributed by atoms with Gasteiger partial charge in [-0.1, -0.05) is 12.1 Å². The zero-order valence-corrected chi connectivity index (χ0v) is 11.4. The fourth-order valence-electron chi connectivity index (χ4n) is 2.74. The zero-order chi connectivity index (χ0) is 14.2. The molecular weight excluding hydrogens is 263 g/mol. The van der Waals surface area contributed by atoms with E-state index >= 15 is 0 Å². The molecule has 4 nitrogen and oxygen atoms in total. The van der Waals surface area contributed by atoms with Crippen LogP contribution in [0.3, 0.4) is 0 Å². The number of halogens is 1. The first-order valence-electron chi connectivity index (χ1n) is 6.90. The predicted octanol–water partition coefficient (Wildman–Crippen LogP) is 3.00. The van der Waals surface area contributed by atoms with Gasteiger partial charge in [0, 0.05) is 12.8 Å². The molecule has 0 aromatic heterocycles. The van der Waals surface area contributed by atoms with Crippen molar-refractivity contribution in [3.63, 3.8) is 0 Å². The zero-order valence-electron chi connectivity index (χ0n) is 11.4. The van der Waals surface area contributed by atoms with Crippen molar-refractivity contribution in [2.75, 3.05) is 6.61 Å². The van der Waals surface area contributed by atoms with Crippen LogP contribution in [0.5, 0.6) is 11.5 Å². The summed E-state index contributed by atoms with van der Waals surface area (Å²) in [4.78, 5) is 11.7. The molecule has 108 valence electrons. The Morgan fingerprint density at radius 2 is 1.75 bits per heavy atom. The van der Waals surface area contributed by atoms with Gasteiger partial charge in [0.2, 0.25) is 5.67 Å². The van der Waals surface area contributed by atoms with Crippen LogP contribution in [0.2, 0.25) is 0 Å². The normalized spacial score (nSPS) is 21.7. The van der Waals surface area contributed by atoms with E-state index in [1.54, 1.807) is 6.92 Å². The second-order valence-corrected chi connectivity index (χ2v) is 5.25. The summed E-state index contributed by atoms with van der Waals surface area (Å²) in [5.74, 6) is -0.249. The van der Waals surface area contributed by atoms with E-state index < -0.39 is 17.4 Å². The molecule has 0 radical (unpaired) electrons. The lowest BCUT2D eigenvalue weighted by Crippen LogP contribution is -2.49. The average molecular weight is 280 g/mol. The summed E-state index contributed by atoms with van der Waals surface area (Å²) < 4.78 is 31.0. The van der Waals surface area contributed by atoms with Gasteiger partial charge in [-0.05, 0) is 31.9 Å². The van der Waals surface area contributed by atoms with Crippen LogP contribution >= 0.6 is 0 Å². The highest BCUT2D eigenvalue weighted by Gasteiger charge is 2.53. The Labute approximate surface area is 116 Å². The number of ether oxygens (including phenoxy) is 3. The van der Waals surface area contributed by atoms with E-state index in [1.807, 2.05) is 24.3 Å². The molecule has 0 saturated heterocycles. The number of rotatable bonds is 2. The van der Waals surface area contributed by atoms with E-state index in [0.29, 0.717) is 24.3 Å². The maximum Gasteiger partial charge on any atom is 0.343 e. The summed E-state index contributed by atoms with van der Waals surface area (Å²) in [5, 5.41) is 0. The molecule has 1 aromatic rings. The maximum atomic E-state index is 14.5. The van der Waals surface area contributed by atoms with Crippen LogP contribution < -0.4 is 9.47 Å². The number of benzene rings is 1. The molecule has 0 bridgehead atoms. The van der Waals surface area contributed by atoms with Gasteiger partial charge in [-0.2, -0.15) is 0 Å². The molecule has 1 heterocycles. The molecule has 1 aromatic carbocycles. The number of carbonyl (C=O) groups excluding carboxylic acids is 1. The van der Waals surface area contributed by atoms with Gasteiger partial charge in [0.05, 0.1) is 6.61 Å². The fraction of sp³-hybridized carbons (Fsp3) is 0.533. The van der Waals surface area contributed by atoms with Gasteiger partial charge in [0.1, 0.15) is 0 Å². The Morgan fingerprint density at radius 3 is 2.25 bits per heavy atom. The van der Waals surface area contributed by atoms with Crippen LogP contribution in [-0.2, 0) is 9.53 Å². The van der Waals surface area contributed by atoms with E-state index in [-0.39, 0.29) is 19.4 Å². The smallest absolute Gasteiger partial charge is 0.343 e. The van der Waals surface area contributed by atoms with E-state index in [1.165, 1.54) is 0 Å². The lowest BCUT2D eigenvalue weighted by atomic mass is 9.82. The van der Waals surface area contributed by atoms with Crippen molar-refractivity contribution in [1.29, 1.82) is 0 Å². The molecule has 5 heteroatoms. The SMILES string of the molecule is CCOC(=O)C1(F)CCC2(CC1)Oc1ccccc1O2. The Hall–Kier alpha value is -1.78. The van der Waals surface area contributed by atoms with Crippen molar-refractivity contribution in [1.82, 2.24) is 0 Å². The molecule has 0 atom stereocenters. The second-order valence-electron chi connectivity index (χ2n) is 5.25. The van der Waals surface area contributed by atoms with Crippen LogP contribution in [0, 0.1) is 0 Å². The molecule has 2 aliphatic rings. The molecule has 1 aliphatic heterocycles. The monoisotopic (exact) mass is 280 g/mol. The van der Waals surface area contributed by atoms with E-state index in [2.05, 4.69) is 0 Å². The quantitative estimate of drug-likeness (QED) is 0.781. The van der Waals surface area contributed by atoms with Crippen LogP contribution in [0.25, 0.3) is 0 Å². The van der Waals surface area contributed by atoms with Crippen LogP contribution in [0.4, 0.5) is 4.39 Å². The van der Waals surface area contributed by atoms with Crippen molar-refractivity contribution < 1.29 is 23.4 Å². The molecular formula is C15H17FO4. The Balaban J connectivity index is 1.70. The standard InChI is InChI=1S/C15H17FO4/c1-2-18-13(17)14(16)7-9-15(10-8-14)19-11-5-3-4-6-12(11)20-15/h3-6H,2,7-10H2,1H3. The first kappa shape index (κ1) is 13.2. The number of para-hydroxylation sites is 2. The van der Waals surface area contributed by atoms with Crippen LogP contribution in [0.1, 0.15) is 32.6 Å². The van der Waals surface area contributed by atoms with E-state index in [0.717, 1.165) is 0 Å². The van der Waals surface area contributed by atoms with Gasteiger partial charge in [0.15, 0.2) is 11.5 Å². The summed E-state index contributed by atoms with van der Waals surface area (Å²) in [5.41, 5.74) is -1.91. The summed E-state index contributed by atoms with van der Waals surface area (Å²) in [6, 6.07) is 7.38. The third-order valence-electron chi connectivity index (χ3n) is 3.89. The van der Waals surface area contributed by atoms with Gasteiger partial charge < -0.3 is 14.2 Å². The van der Waals surface area contributed by atoms with Crippen LogP contribution in [0.15, 0.2) is 24.3 Å². The predicted molar refractivity (Wildman–Crippen MR) is 69.4 cm³/mol. The van der Waals surface area contributed by atoms with Gasteiger partial charge in [-0.3, -0.25) is 0 Å². The highest BCUT2D eigenvalue weighted by molar-refractivity contribution is 5.79. The molecule has 3 rings (SSSR count). The minimum absolute atomic E-state index is 0.0554. The largest absolute Gasteiger partial charge is 0.464 e. The second kappa shape index (κ2) is 4.65. The molecule has 1 saturated carbocycles. The maximum absolute atomic E-state index is 14.5. The first-order chi connectivity index (χ1) is 9.57. The van der Waals surface area contributed by atoms with E-state index in [9.17, 15) is 9.18 Å². The first-order valence-corrected chi connectivity index (χ1v) is 6.90. The van der Waals surface area contributed by atoms with Crippen molar-refractivity contribution in [2.24, 2.45) is 0 Å². The van der Waals surface area contributed by atoms with Crippen molar-refractivity contribution in [3.8, 4) is 11.5 Å². The minimum Gasteiger partial charge on any atom is -0.464 e. The van der Waals surface area contributed by atoms with E-state index in [4.69, 9.17) is 14.2 Å². The Kier molecular flexibility index (Phi) is 3.07. The highest BCUT2D eigenvalue weighted by Crippen LogP contribution is 2.48. The molecule has 1 fully saturated rings. The van der Waals surface area contributed by atoms with Gasteiger partial charge >= 0.3 is 5.97 Å². The summed E-state index contributed by atoms with van der Waals surface area (Å²) in [6.07, 6.45) is 0.771. The van der Waals surface area contributed by atoms with Crippen LogP contribution in [-0.4, -0.2) is 24.0 Å². The molecule has 0 unspecified atom stereocenters. The number of esters is 1. The third-order valence-corrected chi connectivity index (χ3v) is 3.89. The summed E-state index contributed by atoms with van der Waals surface area (Å²) in [7, 11) is 0. The Bertz CT molecular complexity index is 493. The van der Waals surface area contributed by atoms with Gasteiger partial charge in [0.25, 0.3) is 5.79 Å². The molecule has 20 heavy (non-hydrogen) atoms. The van der Waals surface area contributed by atoms with Crippen molar-refractivity contribution in [2.45, 2.75) is 44.1 Å². The lowest BCUT2D eigenvalue weighted by Gasteiger charge is -2.37. The Morgan fingerprint density at radius 1 is 1.20 bits per heavy atom. The molecule has 0 amide bonds. The fourth-order valence-corrected chi connectivity index (χ4v) is 2.74. The topological polar surface area (TPSA) is 44.8 Å². The third kappa shape index (κ3) is 2.11. The summed E-state index contributed by atoms with van der Waals surface area (Å²) in [6.45, 7) is 1.86. The summed E-state index contributed by atoms with van der Waals surface area (Å²) >= 11 is 0. The number of carbonyl (C=O) groups is 1. The van der Waals surface area contributed by atoms with Gasteiger partial charge in [-0.25, -0.2) is 9.18 Å². The van der Waals surface area contributed by atoms with Crippen molar-refractivity contribution in [3.05, 3.63) is 24.3 Å². The number of hydrogen-bond acceptors (Lipinski definition) is 4. The lowest BCUT2D eigenvalue weighted by molar-refractivity contribution is -0.172. The minimum atomic E-state index is -1.91. The van der Waals surface area contributed by atoms with Gasteiger partial charge in [-0.15, -0.1) is 0 Å². The number of hydrogen-bond donors (Lipinski definition) is 0. The average Bonchev–Trinajstić information content (AvgIpc) is 2.81. The number of alkyl halides is 1. The molecule has 1 spiro atoms. The van der Waals surface area contributed by atoms with Crippen molar-refractivity contribution >= 4 is 5.97 Å². The highest BCUT2D eigenvalue weighted by atomic mass is 19.1.